The summed E-state index contributed by atoms with van der Waals surface area (Å²) in [5.74, 6) is 1.07. The third-order valence-electron chi connectivity index (χ3n) is 6.49. The molecule has 2 aromatic carbocycles. The molecular weight excluding hydrogens is 417 g/mol. The number of hydrogen-bond donors (Lipinski definition) is 2. The molecule has 1 aliphatic rings. The molecule has 33 heavy (non-hydrogen) atoms. The number of aromatic nitrogens is 5. The van der Waals surface area contributed by atoms with Crippen molar-refractivity contribution in [2.24, 2.45) is 11.7 Å². The molecule has 8 heteroatoms. The Hall–Kier alpha value is -3.91. The van der Waals surface area contributed by atoms with Crippen molar-refractivity contribution in [2.45, 2.75) is 5.92 Å². The number of benzene rings is 2. The number of fused-ring (bicyclic) bond motifs is 2. The molecule has 0 aliphatic carbocycles. The zero-order valence-electron chi connectivity index (χ0n) is 17.8. The summed E-state index contributed by atoms with van der Waals surface area (Å²) in [7, 11) is 0. The Labute approximate surface area is 189 Å². The predicted octanol–water partition coefficient (Wildman–Crippen LogP) is 3.89. The van der Waals surface area contributed by atoms with Crippen LogP contribution in [0.2, 0.25) is 0 Å². The molecule has 3 aromatic heterocycles. The molecule has 3 N–H and O–H groups in total. The molecule has 164 valence electrons. The number of nitrogens with two attached hydrogens (primary N) is 1. The highest BCUT2D eigenvalue weighted by Crippen LogP contribution is 2.35. The van der Waals surface area contributed by atoms with Crippen molar-refractivity contribution in [3.63, 3.8) is 0 Å². The van der Waals surface area contributed by atoms with Crippen LogP contribution in [0.4, 0.5) is 10.2 Å². The number of anilines is 1. The van der Waals surface area contributed by atoms with Crippen LogP contribution in [0.3, 0.4) is 0 Å². The van der Waals surface area contributed by atoms with Crippen molar-refractivity contribution >= 4 is 27.9 Å². The second-order valence-electron chi connectivity index (χ2n) is 8.45. The van der Waals surface area contributed by atoms with Gasteiger partial charge in [0.2, 0.25) is 5.65 Å². The van der Waals surface area contributed by atoms with E-state index in [0.29, 0.717) is 46.3 Å². The molecule has 0 saturated carbocycles. The van der Waals surface area contributed by atoms with Crippen molar-refractivity contribution in [3.05, 3.63) is 78.4 Å². The first-order valence-electron chi connectivity index (χ1n) is 11.0. The van der Waals surface area contributed by atoms with E-state index in [1.54, 1.807) is 18.5 Å². The van der Waals surface area contributed by atoms with Crippen LogP contribution in [-0.4, -0.2) is 44.8 Å². The van der Waals surface area contributed by atoms with Crippen molar-refractivity contribution in [3.8, 4) is 11.3 Å². The van der Waals surface area contributed by atoms with Crippen LogP contribution in [0.5, 0.6) is 0 Å². The molecule has 5 aromatic rings. The second-order valence-corrected chi connectivity index (χ2v) is 8.45. The van der Waals surface area contributed by atoms with Gasteiger partial charge >= 0.3 is 0 Å². The predicted molar refractivity (Wildman–Crippen MR) is 126 cm³/mol. The third kappa shape index (κ3) is 3.39. The van der Waals surface area contributed by atoms with E-state index in [2.05, 4.69) is 49.3 Å². The van der Waals surface area contributed by atoms with Gasteiger partial charge in [-0.25, -0.2) is 14.4 Å². The molecule has 1 unspecified atom stereocenters. The van der Waals surface area contributed by atoms with Crippen LogP contribution in [0.1, 0.15) is 11.5 Å². The van der Waals surface area contributed by atoms with Gasteiger partial charge in [0.05, 0.1) is 11.9 Å². The lowest BCUT2D eigenvalue weighted by Gasteiger charge is -2.17. The number of hydrogen-bond acceptors (Lipinski definition) is 6. The van der Waals surface area contributed by atoms with Crippen LogP contribution in [0.15, 0.2) is 67.0 Å². The molecule has 2 atom stereocenters. The average molecular weight is 439 g/mol. The molecule has 0 spiro atoms. The summed E-state index contributed by atoms with van der Waals surface area (Å²) in [5, 5.41) is 8.08. The topological polar surface area (TPSA) is 96.6 Å². The van der Waals surface area contributed by atoms with Crippen LogP contribution >= 0.6 is 0 Å². The highest BCUT2D eigenvalue weighted by atomic mass is 19.1. The normalized spacial score (nSPS) is 18.4. The number of nitrogens with one attached hydrogen (secondary N) is 1. The third-order valence-corrected chi connectivity index (χ3v) is 6.49. The van der Waals surface area contributed by atoms with Gasteiger partial charge in [0, 0.05) is 36.2 Å². The van der Waals surface area contributed by atoms with Gasteiger partial charge < -0.3 is 10.6 Å². The summed E-state index contributed by atoms with van der Waals surface area (Å²) in [6.45, 7) is 2.25. The molecule has 0 amide bonds. The largest absolute Gasteiger partial charge is 0.354 e. The highest BCUT2D eigenvalue weighted by Gasteiger charge is 2.34. The maximum atomic E-state index is 14.6. The number of H-pyrrole nitrogens is 1. The molecule has 6 rings (SSSR count). The zero-order valence-corrected chi connectivity index (χ0v) is 17.8. The molecule has 1 aliphatic heterocycles. The Morgan fingerprint density at radius 1 is 1.03 bits per heavy atom. The second kappa shape index (κ2) is 7.90. The Morgan fingerprint density at radius 3 is 2.76 bits per heavy atom. The summed E-state index contributed by atoms with van der Waals surface area (Å²) in [6, 6.07) is 17.4. The van der Waals surface area contributed by atoms with Crippen LogP contribution in [0.25, 0.3) is 33.3 Å². The first-order chi connectivity index (χ1) is 16.2. The summed E-state index contributed by atoms with van der Waals surface area (Å²) < 4.78 is 14.6. The van der Waals surface area contributed by atoms with Gasteiger partial charge in [0.25, 0.3) is 0 Å². The number of pyridine rings is 1. The summed E-state index contributed by atoms with van der Waals surface area (Å²) >= 11 is 0. The minimum absolute atomic E-state index is 0.342. The molecular formula is C25H22FN7. The number of halogens is 1. The first kappa shape index (κ1) is 19.8. The summed E-state index contributed by atoms with van der Waals surface area (Å²) in [5.41, 5.74) is 10.1. The lowest BCUT2D eigenvalue weighted by atomic mass is 9.89. The maximum absolute atomic E-state index is 14.6. The van der Waals surface area contributed by atoms with Gasteiger partial charge in [-0.1, -0.05) is 36.4 Å². The Balaban J connectivity index is 1.34. The molecule has 1 saturated heterocycles. The fourth-order valence-electron chi connectivity index (χ4n) is 4.81. The van der Waals surface area contributed by atoms with E-state index in [9.17, 15) is 4.39 Å². The monoisotopic (exact) mass is 439 g/mol. The van der Waals surface area contributed by atoms with Gasteiger partial charge in [0.1, 0.15) is 22.7 Å². The first-order valence-corrected chi connectivity index (χ1v) is 11.0. The minimum atomic E-state index is -0.382. The van der Waals surface area contributed by atoms with E-state index >= 15 is 0 Å². The Kier molecular flexibility index (Phi) is 4.73. The SMILES string of the molecule is NC[C@@H]1CN(c2cnc3c(-c4cc(F)c5ncccc5c4)[nH]nc3n2)CC1c1ccccc1. The maximum Gasteiger partial charge on any atom is 0.202 e. The van der Waals surface area contributed by atoms with Gasteiger partial charge in [-0.15, -0.1) is 0 Å². The molecule has 0 radical (unpaired) electrons. The summed E-state index contributed by atoms with van der Waals surface area (Å²) in [4.78, 5) is 15.8. The quantitative estimate of drug-likeness (QED) is 0.441. The minimum Gasteiger partial charge on any atom is -0.354 e. The number of nitrogens with zero attached hydrogens (tertiary/aromatic N) is 5. The van der Waals surface area contributed by atoms with E-state index in [4.69, 9.17) is 10.7 Å². The fourth-order valence-corrected chi connectivity index (χ4v) is 4.81. The van der Waals surface area contributed by atoms with Crippen molar-refractivity contribution < 1.29 is 4.39 Å². The van der Waals surface area contributed by atoms with E-state index in [0.717, 1.165) is 24.3 Å². The highest BCUT2D eigenvalue weighted by molar-refractivity contribution is 5.92. The number of rotatable bonds is 4. The van der Waals surface area contributed by atoms with Gasteiger partial charge in [-0.2, -0.15) is 5.10 Å². The standard InChI is InChI=1S/C25H22FN7/c26-20-10-17(9-16-7-4-8-28-22(16)20)23-24-25(32-31-23)30-21(12-29-24)33-13-18(11-27)19(14-33)15-5-2-1-3-6-15/h1-10,12,18-19H,11,13-14,27H2,(H,30,31,32)/t18-,19?/m1/s1. The van der Waals surface area contributed by atoms with Gasteiger partial charge in [0.15, 0.2) is 0 Å². The van der Waals surface area contributed by atoms with E-state index in [1.165, 1.54) is 11.6 Å². The number of aromatic amines is 1. The van der Waals surface area contributed by atoms with Crippen molar-refractivity contribution in [1.29, 1.82) is 0 Å². The van der Waals surface area contributed by atoms with E-state index < -0.39 is 0 Å². The zero-order chi connectivity index (χ0) is 22.4. The van der Waals surface area contributed by atoms with Crippen LogP contribution < -0.4 is 10.6 Å². The molecule has 4 heterocycles. The van der Waals surface area contributed by atoms with E-state index in [-0.39, 0.29) is 5.82 Å². The lowest BCUT2D eigenvalue weighted by molar-refractivity contribution is 0.532. The van der Waals surface area contributed by atoms with Gasteiger partial charge in [-0.05, 0) is 36.2 Å². The average Bonchev–Trinajstić information content (AvgIpc) is 3.49. The Morgan fingerprint density at radius 2 is 1.91 bits per heavy atom. The molecule has 0 bridgehead atoms. The molecule has 1 fully saturated rings. The van der Waals surface area contributed by atoms with Gasteiger partial charge in [-0.3, -0.25) is 10.1 Å². The van der Waals surface area contributed by atoms with Crippen LogP contribution in [0, 0.1) is 11.7 Å². The van der Waals surface area contributed by atoms with Crippen LogP contribution in [-0.2, 0) is 0 Å². The smallest absolute Gasteiger partial charge is 0.202 e. The van der Waals surface area contributed by atoms with E-state index in [1.807, 2.05) is 18.2 Å². The Bertz CT molecular complexity index is 1450. The van der Waals surface area contributed by atoms with Crippen molar-refractivity contribution in [2.75, 3.05) is 24.5 Å². The summed E-state index contributed by atoms with van der Waals surface area (Å²) in [6.07, 6.45) is 3.35. The molecule has 7 nitrogen and oxygen atoms in total. The lowest BCUT2D eigenvalue weighted by Crippen LogP contribution is -2.23. The fraction of sp³-hybridized carbons (Fsp3) is 0.200. The van der Waals surface area contributed by atoms with Crippen molar-refractivity contribution in [1.82, 2.24) is 25.1 Å².